The summed E-state index contributed by atoms with van der Waals surface area (Å²) in [5.74, 6) is 2.17. The lowest BCUT2D eigenvalue weighted by Crippen LogP contribution is -2.50. The fourth-order valence-electron chi connectivity index (χ4n) is 6.36. The van der Waals surface area contributed by atoms with Gasteiger partial charge in [0.1, 0.15) is 17.4 Å². The number of hydrogen-bond acceptors (Lipinski definition) is 3. The van der Waals surface area contributed by atoms with Crippen molar-refractivity contribution in [1.29, 1.82) is 0 Å². The van der Waals surface area contributed by atoms with Crippen LogP contribution in [0.4, 0.5) is 13.2 Å². The van der Waals surface area contributed by atoms with Crippen LogP contribution in [0, 0.1) is 23.7 Å². The molecule has 30 heavy (non-hydrogen) atoms. The first-order valence-corrected chi connectivity index (χ1v) is 10.9. The van der Waals surface area contributed by atoms with Gasteiger partial charge in [0, 0.05) is 0 Å². The molecule has 2 aromatic rings. The Morgan fingerprint density at radius 1 is 1.00 bits per heavy atom. The van der Waals surface area contributed by atoms with Crippen molar-refractivity contribution in [2.75, 3.05) is 6.61 Å². The van der Waals surface area contributed by atoms with Gasteiger partial charge in [0.05, 0.1) is 12.1 Å². The summed E-state index contributed by atoms with van der Waals surface area (Å²) in [6, 6.07) is 7.80. The van der Waals surface area contributed by atoms with Crippen LogP contribution in [0.15, 0.2) is 30.3 Å². The van der Waals surface area contributed by atoms with E-state index in [4.69, 9.17) is 10.5 Å². The molecule has 4 bridgehead atoms. The number of rotatable bonds is 4. The maximum Gasteiger partial charge on any atom is 0.420 e. The van der Waals surface area contributed by atoms with Gasteiger partial charge in [0.25, 0.3) is 0 Å². The molecule has 0 aromatic heterocycles. The Hall–Kier alpha value is -1.79. The zero-order chi connectivity index (χ0) is 21.3. The van der Waals surface area contributed by atoms with Crippen LogP contribution in [-0.4, -0.2) is 17.8 Å². The summed E-state index contributed by atoms with van der Waals surface area (Å²) in [5, 5.41) is 10.1. The molecular formula is C24H28F3NO2. The molecule has 3 nitrogen and oxygen atoms in total. The molecule has 4 fully saturated rings. The molecule has 6 heteroatoms. The second kappa shape index (κ2) is 6.86. The minimum absolute atomic E-state index is 0.0575. The molecule has 3 N–H and O–H groups in total. The van der Waals surface area contributed by atoms with E-state index < -0.39 is 17.3 Å². The normalized spacial score (nSPS) is 32.4. The van der Waals surface area contributed by atoms with Crippen molar-refractivity contribution in [1.82, 2.24) is 0 Å². The fraction of sp³-hybridized carbons (Fsp3) is 0.583. The number of hydrogen-bond donors (Lipinski definition) is 2. The molecule has 0 spiro atoms. The predicted molar refractivity (Wildman–Crippen MR) is 109 cm³/mol. The number of benzene rings is 2. The summed E-state index contributed by atoms with van der Waals surface area (Å²) in [6.45, 7) is 1.36. The number of halogens is 3. The van der Waals surface area contributed by atoms with Gasteiger partial charge in [-0.1, -0.05) is 18.2 Å². The number of alkyl halides is 3. The summed E-state index contributed by atoms with van der Waals surface area (Å²) in [7, 11) is 0. The SMILES string of the molecule is C[C@](N)(CO)c1ccc2c(C(F)(F)F)c(OC3C4CC5CC(C4)CC3C5)ccc2c1. The number of ether oxygens (including phenoxy) is 1. The highest BCUT2D eigenvalue weighted by atomic mass is 19.4. The first-order chi connectivity index (χ1) is 14.2. The van der Waals surface area contributed by atoms with Crippen molar-refractivity contribution in [3.63, 3.8) is 0 Å². The van der Waals surface area contributed by atoms with Gasteiger partial charge in [0.15, 0.2) is 0 Å². The minimum atomic E-state index is -4.52. The maximum atomic E-state index is 14.1. The maximum absolute atomic E-state index is 14.1. The Bertz CT molecular complexity index is 941. The third-order valence-electron chi connectivity index (χ3n) is 7.66. The fourth-order valence-corrected chi connectivity index (χ4v) is 6.36. The van der Waals surface area contributed by atoms with Gasteiger partial charge in [0.2, 0.25) is 0 Å². The van der Waals surface area contributed by atoms with E-state index in [0.29, 0.717) is 22.8 Å². The molecule has 0 unspecified atom stereocenters. The van der Waals surface area contributed by atoms with Crippen LogP contribution in [0.1, 0.15) is 50.2 Å². The van der Waals surface area contributed by atoms with Gasteiger partial charge in [-0.25, -0.2) is 0 Å². The minimum Gasteiger partial charge on any atom is -0.489 e. The molecule has 4 aliphatic rings. The van der Waals surface area contributed by atoms with Gasteiger partial charge >= 0.3 is 6.18 Å². The van der Waals surface area contributed by atoms with Gasteiger partial charge in [-0.3, -0.25) is 0 Å². The summed E-state index contributed by atoms with van der Waals surface area (Å²) in [4.78, 5) is 0. The summed E-state index contributed by atoms with van der Waals surface area (Å²) >= 11 is 0. The number of fused-ring (bicyclic) bond motifs is 1. The molecule has 0 amide bonds. The second-order valence-electron chi connectivity index (χ2n) is 9.96. The standard InChI is InChI=1S/C24H28F3NO2/c1-23(28,12-29)18-3-4-19-15(11-18)2-5-20(21(19)24(25,26)27)30-22-16-7-13-6-14(9-16)10-17(22)8-13/h2-5,11,13-14,16-17,22,29H,6-10,12,28H2,1H3/t13?,14?,16?,17?,22?,23-/m0/s1. The zero-order valence-electron chi connectivity index (χ0n) is 17.1. The van der Waals surface area contributed by atoms with E-state index in [1.807, 2.05) is 0 Å². The molecule has 1 atom stereocenters. The highest BCUT2D eigenvalue weighted by Gasteiger charge is 2.50. The molecule has 162 valence electrons. The summed E-state index contributed by atoms with van der Waals surface area (Å²) < 4.78 is 48.6. The van der Waals surface area contributed by atoms with Crippen LogP contribution >= 0.6 is 0 Å². The Kier molecular flexibility index (Phi) is 4.60. The second-order valence-corrected chi connectivity index (χ2v) is 9.96. The van der Waals surface area contributed by atoms with Crippen LogP contribution in [0.25, 0.3) is 10.8 Å². The lowest BCUT2D eigenvalue weighted by molar-refractivity contribution is -0.140. The van der Waals surface area contributed by atoms with Gasteiger partial charge in [-0.05, 0) is 91.2 Å². The summed E-state index contributed by atoms with van der Waals surface area (Å²) in [6.07, 6.45) is 1.01. The quantitative estimate of drug-likeness (QED) is 0.714. The molecule has 0 heterocycles. The van der Waals surface area contributed by atoms with Crippen LogP contribution in [0.2, 0.25) is 0 Å². The third kappa shape index (κ3) is 3.28. The Morgan fingerprint density at radius 2 is 1.63 bits per heavy atom. The van der Waals surface area contributed by atoms with Crippen LogP contribution in [-0.2, 0) is 11.7 Å². The monoisotopic (exact) mass is 419 g/mol. The molecule has 4 aliphatic carbocycles. The van der Waals surface area contributed by atoms with Gasteiger partial charge < -0.3 is 15.6 Å². The van der Waals surface area contributed by atoms with Crippen molar-refractivity contribution in [2.45, 2.75) is 56.8 Å². The smallest absolute Gasteiger partial charge is 0.420 e. The lowest BCUT2D eigenvalue weighted by Gasteiger charge is -2.53. The Balaban J connectivity index is 1.54. The van der Waals surface area contributed by atoms with Crippen molar-refractivity contribution >= 4 is 10.8 Å². The zero-order valence-corrected chi connectivity index (χ0v) is 17.1. The van der Waals surface area contributed by atoms with Crippen LogP contribution < -0.4 is 10.5 Å². The molecule has 6 rings (SSSR count). The van der Waals surface area contributed by atoms with E-state index >= 15 is 0 Å². The van der Waals surface area contributed by atoms with E-state index in [1.54, 1.807) is 25.1 Å². The third-order valence-corrected chi connectivity index (χ3v) is 7.66. The number of nitrogens with two attached hydrogens (primary N) is 1. The molecule has 0 radical (unpaired) electrons. The van der Waals surface area contributed by atoms with Crippen molar-refractivity contribution in [2.24, 2.45) is 29.4 Å². The first-order valence-electron chi connectivity index (χ1n) is 10.9. The number of aliphatic hydroxyl groups is 1. The van der Waals surface area contributed by atoms with Gasteiger partial charge in [-0.2, -0.15) is 13.2 Å². The number of aliphatic hydroxyl groups excluding tert-OH is 1. The Labute approximate surface area is 174 Å². The molecule has 0 aliphatic heterocycles. The topological polar surface area (TPSA) is 55.5 Å². The van der Waals surface area contributed by atoms with Crippen LogP contribution in [0.3, 0.4) is 0 Å². The molecule has 0 saturated heterocycles. The Morgan fingerprint density at radius 3 is 2.20 bits per heavy atom. The average Bonchev–Trinajstić information content (AvgIpc) is 2.68. The van der Waals surface area contributed by atoms with Crippen LogP contribution in [0.5, 0.6) is 5.75 Å². The predicted octanol–water partition coefficient (Wildman–Crippen LogP) is 5.23. The highest BCUT2D eigenvalue weighted by Crippen LogP contribution is 2.55. The van der Waals surface area contributed by atoms with E-state index in [9.17, 15) is 18.3 Å². The average molecular weight is 419 g/mol. The van der Waals surface area contributed by atoms with Crippen molar-refractivity contribution in [3.8, 4) is 5.75 Å². The van der Waals surface area contributed by atoms with E-state index in [2.05, 4.69) is 0 Å². The van der Waals surface area contributed by atoms with E-state index in [-0.39, 0.29) is 23.8 Å². The van der Waals surface area contributed by atoms with Crippen molar-refractivity contribution in [3.05, 3.63) is 41.5 Å². The highest BCUT2D eigenvalue weighted by molar-refractivity contribution is 5.89. The van der Waals surface area contributed by atoms with E-state index in [1.165, 1.54) is 18.6 Å². The van der Waals surface area contributed by atoms with E-state index in [0.717, 1.165) is 37.5 Å². The van der Waals surface area contributed by atoms with Gasteiger partial charge in [-0.15, -0.1) is 0 Å². The molecule has 4 saturated carbocycles. The molecule has 2 aromatic carbocycles. The largest absolute Gasteiger partial charge is 0.489 e. The summed E-state index contributed by atoms with van der Waals surface area (Å²) in [5.41, 5.74) is 4.96. The van der Waals surface area contributed by atoms with Crippen molar-refractivity contribution < 1.29 is 23.0 Å². The first kappa shape index (κ1) is 20.1. The lowest BCUT2D eigenvalue weighted by atomic mass is 9.55. The molecular weight excluding hydrogens is 391 g/mol.